The number of aromatic nitrogens is 4. The Labute approximate surface area is 128 Å². The highest BCUT2D eigenvalue weighted by atomic mass is 35.5. The first-order valence-corrected chi connectivity index (χ1v) is 7.31. The number of hydrogen-bond acceptors (Lipinski definition) is 3. The summed E-state index contributed by atoms with van der Waals surface area (Å²) in [5.41, 5.74) is 3.15. The van der Waals surface area contributed by atoms with Crippen LogP contribution in [0.3, 0.4) is 0 Å². The lowest BCUT2D eigenvalue weighted by Crippen LogP contribution is -2.05. The molecule has 3 rings (SSSR count). The first kappa shape index (κ1) is 13.9. The van der Waals surface area contributed by atoms with Crippen molar-refractivity contribution in [2.45, 2.75) is 13.0 Å². The minimum absolute atomic E-state index is 0.549. The van der Waals surface area contributed by atoms with E-state index in [-0.39, 0.29) is 0 Å². The monoisotopic (exact) mass is 304 g/mol. The minimum Gasteiger partial charge on any atom is -0.497 e. The van der Waals surface area contributed by atoms with Crippen molar-refractivity contribution in [2.75, 3.05) is 13.0 Å². The zero-order valence-corrected chi connectivity index (χ0v) is 12.8. The third-order valence-corrected chi connectivity index (χ3v) is 3.64. The Morgan fingerprint density at radius 3 is 2.86 bits per heavy atom. The van der Waals surface area contributed by atoms with E-state index in [2.05, 4.69) is 14.6 Å². The van der Waals surface area contributed by atoms with Crippen LogP contribution < -0.4 is 4.74 Å². The lowest BCUT2D eigenvalue weighted by atomic mass is 10.3. The van der Waals surface area contributed by atoms with Crippen molar-refractivity contribution >= 4 is 22.6 Å². The van der Waals surface area contributed by atoms with Crippen molar-refractivity contribution in [1.82, 2.24) is 19.3 Å². The van der Waals surface area contributed by atoms with Crippen LogP contribution in [0, 0.1) is 0 Å². The van der Waals surface area contributed by atoms with Gasteiger partial charge in [0.05, 0.1) is 30.9 Å². The summed E-state index contributed by atoms with van der Waals surface area (Å²) < 4.78 is 9.26. The summed E-state index contributed by atoms with van der Waals surface area (Å²) >= 11 is 5.91. The van der Waals surface area contributed by atoms with Gasteiger partial charge in [0.25, 0.3) is 0 Å². The van der Waals surface area contributed by atoms with Crippen LogP contribution >= 0.6 is 11.6 Å². The Balaban J connectivity index is 2.06. The highest BCUT2D eigenvalue weighted by Gasteiger charge is 2.12. The van der Waals surface area contributed by atoms with E-state index in [1.807, 2.05) is 37.6 Å². The second-order valence-electron chi connectivity index (χ2n) is 4.93. The van der Waals surface area contributed by atoms with Crippen LogP contribution in [0.15, 0.2) is 30.6 Å². The van der Waals surface area contributed by atoms with E-state index >= 15 is 0 Å². The first-order valence-electron chi connectivity index (χ1n) is 6.78. The molecule has 0 aliphatic rings. The molecule has 3 aromatic rings. The number of fused-ring (bicyclic) bond motifs is 1. The Kier molecular flexibility index (Phi) is 3.84. The fourth-order valence-electron chi connectivity index (χ4n) is 2.47. The van der Waals surface area contributed by atoms with Crippen LogP contribution in [0.25, 0.3) is 11.0 Å². The predicted molar refractivity (Wildman–Crippen MR) is 83.0 cm³/mol. The van der Waals surface area contributed by atoms with Crippen LogP contribution in [0.5, 0.6) is 5.75 Å². The molecule has 2 aromatic heterocycles. The van der Waals surface area contributed by atoms with Gasteiger partial charge < -0.3 is 9.30 Å². The molecule has 0 radical (unpaired) electrons. The summed E-state index contributed by atoms with van der Waals surface area (Å²) in [5.74, 6) is 2.34. The maximum atomic E-state index is 5.91. The van der Waals surface area contributed by atoms with Crippen molar-refractivity contribution in [3.63, 3.8) is 0 Å². The van der Waals surface area contributed by atoms with Crippen LogP contribution in [0.2, 0.25) is 0 Å². The lowest BCUT2D eigenvalue weighted by Gasteiger charge is -2.07. The number of methoxy groups -OCH3 is 1. The molecule has 6 heteroatoms. The fraction of sp³-hybridized carbons (Fsp3) is 0.333. The molecule has 0 aliphatic heterocycles. The van der Waals surface area contributed by atoms with Gasteiger partial charge in [-0.15, -0.1) is 11.6 Å². The summed E-state index contributed by atoms with van der Waals surface area (Å²) in [4.78, 5) is 4.69. The molecule has 2 heterocycles. The summed E-state index contributed by atoms with van der Waals surface area (Å²) in [6, 6.07) is 5.94. The van der Waals surface area contributed by atoms with Crippen molar-refractivity contribution < 1.29 is 4.74 Å². The number of nitrogens with zero attached hydrogens (tertiary/aromatic N) is 4. The zero-order valence-electron chi connectivity index (χ0n) is 12.1. The maximum absolute atomic E-state index is 5.91. The minimum atomic E-state index is 0.549. The molecule has 0 unspecified atom stereocenters. The zero-order chi connectivity index (χ0) is 14.8. The van der Waals surface area contributed by atoms with Crippen LogP contribution in [-0.2, 0) is 20.0 Å². The predicted octanol–water partition coefficient (Wildman–Crippen LogP) is 2.61. The number of rotatable bonds is 5. The molecule has 21 heavy (non-hydrogen) atoms. The van der Waals surface area contributed by atoms with Gasteiger partial charge in [-0.2, -0.15) is 5.10 Å². The molecule has 0 bridgehead atoms. The van der Waals surface area contributed by atoms with E-state index in [4.69, 9.17) is 16.3 Å². The number of halogens is 1. The van der Waals surface area contributed by atoms with Crippen LogP contribution in [-0.4, -0.2) is 32.3 Å². The SMILES string of the molecule is COc1ccc2c(c1)nc(CCCl)n2Cc1cnn(C)c1. The molecule has 0 amide bonds. The molecule has 110 valence electrons. The van der Waals surface area contributed by atoms with E-state index in [0.717, 1.165) is 41.1 Å². The van der Waals surface area contributed by atoms with Gasteiger partial charge in [0.15, 0.2) is 0 Å². The molecular weight excluding hydrogens is 288 g/mol. The highest BCUT2D eigenvalue weighted by molar-refractivity contribution is 6.17. The second kappa shape index (κ2) is 5.77. The molecule has 0 spiro atoms. The first-order chi connectivity index (χ1) is 10.2. The average molecular weight is 305 g/mol. The molecular formula is C15H17ClN4O. The van der Waals surface area contributed by atoms with Gasteiger partial charge in [-0.05, 0) is 12.1 Å². The molecule has 1 aromatic carbocycles. The van der Waals surface area contributed by atoms with Crippen LogP contribution in [0.1, 0.15) is 11.4 Å². The molecule has 5 nitrogen and oxygen atoms in total. The van der Waals surface area contributed by atoms with Crippen molar-refractivity contribution in [3.8, 4) is 5.75 Å². The number of alkyl halides is 1. The molecule has 0 saturated heterocycles. The molecule has 0 N–H and O–H groups in total. The van der Waals surface area contributed by atoms with E-state index in [9.17, 15) is 0 Å². The van der Waals surface area contributed by atoms with E-state index in [0.29, 0.717) is 5.88 Å². The van der Waals surface area contributed by atoms with Gasteiger partial charge in [-0.3, -0.25) is 4.68 Å². The summed E-state index contributed by atoms with van der Waals surface area (Å²) in [6.45, 7) is 0.739. The Morgan fingerprint density at radius 2 is 2.19 bits per heavy atom. The molecule has 0 atom stereocenters. The van der Waals surface area contributed by atoms with Crippen molar-refractivity contribution in [1.29, 1.82) is 0 Å². The standard InChI is InChI=1S/C15H17ClN4O/c1-19-9-11(8-17-19)10-20-14-4-3-12(21-2)7-13(14)18-15(20)5-6-16/h3-4,7-9H,5-6,10H2,1-2H3. The van der Waals surface area contributed by atoms with Crippen LogP contribution in [0.4, 0.5) is 0 Å². The largest absolute Gasteiger partial charge is 0.497 e. The normalized spacial score (nSPS) is 11.2. The third-order valence-electron chi connectivity index (χ3n) is 3.45. The topological polar surface area (TPSA) is 44.9 Å². The molecule has 0 saturated carbocycles. The van der Waals surface area contributed by atoms with E-state index in [1.165, 1.54) is 0 Å². The average Bonchev–Trinajstić information content (AvgIpc) is 3.04. The quantitative estimate of drug-likeness (QED) is 0.681. The van der Waals surface area contributed by atoms with Gasteiger partial charge in [-0.25, -0.2) is 4.98 Å². The third kappa shape index (κ3) is 2.74. The number of benzene rings is 1. The van der Waals surface area contributed by atoms with Gasteiger partial charge >= 0.3 is 0 Å². The fourth-order valence-corrected chi connectivity index (χ4v) is 2.64. The van der Waals surface area contributed by atoms with E-state index < -0.39 is 0 Å². The lowest BCUT2D eigenvalue weighted by molar-refractivity contribution is 0.415. The number of aryl methyl sites for hydroxylation is 2. The number of imidazole rings is 1. The Hall–Kier alpha value is -2.01. The maximum Gasteiger partial charge on any atom is 0.121 e. The van der Waals surface area contributed by atoms with Gasteiger partial charge in [0.2, 0.25) is 0 Å². The summed E-state index contributed by atoms with van der Waals surface area (Å²) in [7, 11) is 3.58. The molecule has 0 fully saturated rings. The Morgan fingerprint density at radius 1 is 1.33 bits per heavy atom. The molecule has 0 aliphatic carbocycles. The van der Waals surface area contributed by atoms with Crippen molar-refractivity contribution in [2.24, 2.45) is 7.05 Å². The van der Waals surface area contributed by atoms with Gasteiger partial charge in [0.1, 0.15) is 11.6 Å². The Bertz CT molecular complexity index is 762. The van der Waals surface area contributed by atoms with Gasteiger partial charge in [0, 0.05) is 37.2 Å². The van der Waals surface area contributed by atoms with Crippen molar-refractivity contribution in [3.05, 3.63) is 42.0 Å². The number of hydrogen-bond donors (Lipinski definition) is 0. The second-order valence-corrected chi connectivity index (χ2v) is 5.31. The summed E-state index contributed by atoms with van der Waals surface area (Å²) in [5, 5.41) is 4.22. The highest BCUT2D eigenvalue weighted by Crippen LogP contribution is 2.23. The number of ether oxygens (including phenoxy) is 1. The summed E-state index contributed by atoms with van der Waals surface area (Å²) in [6.07, 6.45) is 4.62. The smallest absolute Gasteiger partial charge is 0.121 e. The van der Waals surface area contributed by atoms with E-state index in [1.54, 1.807) is 11.8 Å². The van der Waals surface area contributed by atoms with Gasteiger partial charge in [-0.1, -0.05) is 0 Å².